The number of hydrogen-bond acceptors (Lipinski definition) is 4. The highest BCUT2D eigenvalue weighted by atomic mass is 16.2. The lowest BCUT2D eigenvalue weighted by Crippen LogP contribution is -2.61. The van der Waals surface area contributed by atoms with Crippen LogP contribution in [0.5, 0.6) is 0 Å². The zero-order valence-corrected chi connectivity index (χ0v) is 9.16. The molecule has 88 valence electrons. The van der Waals surface area contributed by atoms with Gasteiger partial charge in [0.15, 0.2) is 0 Å². The smallest absolute Gasteiger partial charge is 0.249 e. The predicted molar refractivity (Wildman–Crippen MR) is 55.3 cm³/mol. The zero-order valence-electron chi connectivity index (χ0n) is 9.16. The van der Waals surface area contributed by atoms with Crippen molar-refractivity contribution in [3.05, 3.63) is 0 Å². The summed E-state index contributed by atoms with van der Waals surface area (Å²) in [4.78, 5) is 36.0. The lowest BCUT2D eigenvalue weighted by Gasteiger charge is -2.33. The molecule has 2 unspecified atom stereocenters. The van der Waals surface area contributed by atoms with E-state index in [2.05, 4.69) is 10.6 Å². The van der Waals surface area contributed by atoms with Crippen molar-refractivity contribution in [2.45, 2.75) is 31.8 Å². The van der Waals surface area contributed by atoms with E-state index in [-0.39, 0.29) is 18.5 Å². The van der Waals surface area contributed by atoms with Gasteiger partial charge in [0.25, 0.3) is 0 Å². The molecule has 0 aromatic heterocycles. The van der Waals surface area contributed by atoms with E-state index in [0.717, 1.165) is 19.4 Å². The Morgan fingerprint density at radius 1 is 1.44 bits per heavy atom. The summed E-state index contributed by atoms with van der Waals surface area (Å²) in [6, 6.07) is -0.797. The second-order valence-electron chi connectivity index (χ2n) is 4.20. The Hall–Kier alpha value is -1.43. The van der Waals surface area contributed by atoms with Crippen LogP contribution in [0.15, 0.2) is 0 Å². The van der Waals surface area contributed by atoms with E-state index >= 15 is 0 Å². The summed E-state index contributed by atoms with van der Waals surface area (Å²) in [6.07, 6.45) is 1.73. The van der Waals surface area contributed by atoms with Crippen LogP contribution in [-0.4, -0.2) is 47.8 Å². The van der Waals surface area contributed by atoms with E-state index < -0.39 is 17.9 Å². The minimum Gasteiger partial charge on any atom is -0.320 e. The van der Waals surface area contributed by atoms with Gasteiger partial charge in [-0.25, -0.2) is 0 Å². The number of nitrogens with one attached hydrogen (secondary N) is 2. The van der Waals surface area contributed by atoms with Crippen molar-refractivity contribution < 1.29 is 14.4 Å². The highest BCUT2D eigenvalue weighted by Gasteiger charge is 2.37. The van der Waals surface area contributed by atoms with E-state index in [9.17, 15) is 14.4 Å². The number of nitrogens with zero attached hydrogens (tertiary/aromatic N) is 1. The molecule has 6 heteroatoms. The van der Waals surface area contributed by atoms with Gasteiger partial charge in [-0.05, 0) is 26.3 Å². The van der Waals surface area contributed by atoms with E-state index in [4.69, 9.17) is 0 Å². The topological polar surface area (TPSA) is 78.5 Å². The Morgan fingerprint density at radius 2 is 2.19 bits per heavy atom. The van der Waals surface area contributed by atoms with Crippen LogP contribution in [0.1, 0.15) is 19.8 Å². The van der Waals surface area contributed by atoms with E-state index in [0.29, 0.717) is 0 Å². The summed E-state index contributed by atoms with van der Waals surface area (Å²) in [6.45, 7) is 2.43. The average molecular weight is 225 g/mol. The summed E-state index contributed by atoms with van der Waals surface area (Å²) >= 11 is 0. The van der Waals surface area contributed by atoms with Crippen molar-refractivity contribution in [2.75, 3.05) is 13.1 Å². The monoisotopic (exact) mass is 225 g/mol. The maximum Gasteiger partial charge on any atom is 0.249 e. The number of carbonyl (C=O) groups is 3. The summed E-state index contributed by atoms with van der Waals surface area (Å²) in [5.41, 5.74) is 0. The van der Waals surface area contributed by atoms with Crippen LogP contribution in [0, 0.1) is 0 Å². The fraction of sp³-hybridized carbons (Fsp3) is 0.700. The molecule has 2 N–H and O–H groups in total. The van der Waals surface area contributed by atoms with Crippen LogP contribution in [0.4, 0.5) is 0 Å². The summed E-state index contributed by atoms with van der Waals surface area (Å²) in [7, 11) is 0. The van der Waals surface area contributed by atoms with Crippen LogP contribution in [0.2, 0.25) is 0 Å². The van der Waals surface area contributed by atoms with Crippen LogP contribution in [0.3, 0.4) is 0 Å². The van der Waals surface area contributed by atoms with Gasteiger partial charge in [-0.15, -0.1) is 0 Å². The summed E-state index contributed by atoms with van der Waals surface area (Å²) in [5.74, 6) is -0.953. The number of imide groups is 1. The standard InChI is InChI=1S/C10H15N3O3/c1-6-9(15)12-8(14)5-13(6)10(16)7-3-2-4-11-7/h6-7,11H,2-5H2,1H3,(H,12,14,15). The molecule has 2 heterocycles. The molecule has 0 aromatic carbocycles. The first kappa shape index (κ1) is 11.1. The van der Waals surface area contributed by atoms with Crippen molar-refractivity contribution in [3.8, 4) is 0 Å². The first-order valence-electron chi connectivity index (χ1n) is 5.47. The van der Waals surface area contributed by atoms with Gasteiger partial charge >= 0.3 is 0 Å². The molecule has 2 atom stereocenters. The minimum absolute atomic E-state index is 0.0239. The van der Waals surface area contributed by atoms with E-state index in [1.807, 2.05) is 0 Å². The number of amides is 3. The maximum atomic E-state index is 12.0. The average Bonchev–Trinajstić information content (AvgIpc) is 2.75. The van der Waals surface area contributed by atoms with Gasteiger partial charge in [-0.1, -0.05) is 0 Å². The highest BCUT2D eigenvalue weighted by molar-refractivity contribution is 6.04. The molecule has 0 aromatic rings. The third kappa shape index (κ3) is 1.92. The van der Waals surface area contributed by atoms with Gasteiger partial charge in [0.2, 0.25) is 17.7 Å². The third-order valence-electron chi connectivity index (χ3n) is 3.07. The quantitative estimate of drug-likeness (QED) is 0.539. The Morgan fingerprint density at radius 3 is 2.81 bits per heavy atom. The molecule has 16 heavy (non-hydrogen) atoms. The lowest BCUT2D eigenvalue weighted by atomic mass is 10.1. The molecule has 2 aliphatic heterocycles. The molecule has 0 aliphatic carbocycles. The number of rotatable bonds is 1. The Balaban J connectivity index is 2.09. The molecule has 2 saturated heterocycles. The van der Waals surface area contributed by atoms with Crippen molar-refractivity contribution in [2.24, 2.45) is 0 Å². The lowest BCUT2D eigenvalue weighted by molar-refractivity contribution is -0.150. The summed E-state index contributed by atoms with van der Waals surface area (Å²) in [5, 5.41) is 5.28. The summed E-state index contributed by atoms with van der Waals surface area (Å²) < 4.78 is 0. The van der Waals surface area contributed by atoms with Crippen LogP contribution in [0.25, 0.3) is 0 Å². The van der Waals surface area contributed by atoms with E-state index in [1.165, 1.54) is 4.90 Å². The van der Waals surface area contributed by atoms with Crippen LogP contribution in [-0.2, 0) is 14.4 Å². The van der Waals surface area contributed by atoms with Gasteiger partial charge in [0.1, 0.15) is 12.6 Å². The molecule has 0 bridgehead atoms. The molecule has 3 amide bonds. The van der Waals surface area contributed by atoms with Crippen LogP contribution >= 0.6 is 0 Å². The van der Waals surface area contributed by atoms with Crippen molar-refractivity contribution in [1.82, 2.24) is 15.5 Å². The maximum absolute atomic E-state index is 12.0. The molecular formula is C10H15N3O3. The molecule has 0 spiro atoms. The highest BCUT2D eigenvalue weighted by Crippen LogP contribution is 2.12. The van der Waals surface area contributed by atoms with Crippen LogP contribution < -0.4 is 10.6 Å². The molecule has 2 aliphatic rings. The van der Waals surface area contributed by atoms with Gasteiger partial charge in [0.05, 0.1) is 6.04 Å². The van der Waals surface area contributed by atoms with Gasteiger partial charge < -0.3 is 10.2 Å². The second-order valence-corrected chi connectivity index (χ2v) is 4.20. The normalized spacial score (nSPS) is 30.4. The number of hydrogen-bond donors (Lipinski definition) is 2. The Kier molecular flexibility index (Phi) is 2.91. The fourth-order valence-electron chi connectivity index (χ4n) is 2.08. The molecule has 0 radical (unpaired) electrons. The molecule has 6 nitrogen and oxygen atoms in total. The van der Waals surface area contributed by atoms with Crippen molar-refractivity contribution >= 4 is 17.7 Å². The Bertz CT molecular complexity index is 336. The number of carbonyl (C=O) groups excluding carboxylic acids is 3. The fourth-order valence-corrected chi connectivity index (χ4v) is 2.08. The SMILES string of the molecule is CC1C(=O)NC(=O)CN1C(=O)C1CCCN1. The van der Waals surface area contributed by atoms with Gasteiger partial charge in [-0.3, -0.25) is 19.7 Å². The molecular weight excluding hydrogens is 210 g/mol. The molecule has 0 saturated carbocycles. The second kappa shape index (κ2) is 4.21. The Labute approximate surface area is 93.4 Å². The zero-order chi connectivity index (χ0) is 11.7. The first-order chi connectivity index (χ1) is 7.59. The van der Waals surface area contributed by atoms with Gasteiger partial charge in [0, 0.05) is 0 Å². The predicted octanol–water partition coefficient (Wildman–Crippen LogP) is -1.39. The number of piperazine rings is 1. The van der Waals surface area contributed by atoms with Gasteiger partial charge in [-0.2, -0.15) is 0 Å². The van der Waals surface area contributed by atoms with Crippen molar-refractivity contribution in [1.29, 1.82) is 0 Å². The van der Waals surface area contributed by atoms with Crippen molar-refractivity contribution in [3.63, 3.8) is 0 Å². The minimum atomic E-state index is -0.562. The largest absolute Gasteiger partial charge is 0.320 e. The molecule has 2 rings (SSSR count). The molecule has 2 fully saturated rings. The third-order valence-corrected chi connectivity index (χ3v) is 3.07. The van der Waals surface area contributed by atoms with E-state index in [1.54, 1.807) is 6.92 Å². The first-order valence-corrected chi connectivity index (χ1v) is 5.47.